The third-order valence-electron chi connectivity index (χ3n) is 3.35. The van der Waals surface area contributed by atoms with Crippen molar-refractivity contribution in [3.8, 4) is 0 Å². The van der Waals surface area contributed by atoms with Crippen molar-refractivity contribution in [2.24, 2.45) is 0 Å². The average Bonchev–Trinajstić information content (AvgIpc) is 2.46. The second-order valence-corrected chi connectivity index (χ2v) is 8.89. The first kappa shape index (κ1) is 18.0. The molecule has 0 bridgehead atoms. The molecule has 0 saturated carbocycles. The first-order chi connectivity index (χ1) is 10.7. The normalized spacial score (nSPS) is 13.1. The van der Waals surface area contributed by atoms with Crippen LogP contribution in [-0.2, 0) is 20.8 Å². The lowest BCUT2D eigenvalue weighted by atomic mass is 10.0. The standard InChI is InChI=1S/C16H18ClNO3S2/c1-11(2)12-4-7-14(8-5-12)23(20,21)18-15-10-13(17)6-9-16(15)22(3)19/h4-11,18H,1-3H3. The number of rotatable bonds is 5. The molecule has 0 aliphatic rings. The highest BCUT2D eigenvalue weighted by Gasteiger charge is 2.18. The number of hydrogen-bond acceptors (Lipinski definition) is 3. The van der Waals surface area contributed by atoms with Gasteiger partial charge in [0, 0.05) is 11.3 Å². The molecule has 1 unspecified atom stereocenters. The third kappa shape index (κ3) is 4.34. The molecule has 0 amide bonds. The molecule has 4 nitrogen and oxygen atoms in total. The van der Waals surface area contributed by atoms with Crippen molar-refractivity contribution < 1.29 is 12.6 Å². The van der Waals surface area contributed by atoms with Gasteiger partial charge in [-0.25, -0.2) is 8.42 Å². The zero-order valence-electron chi connectivity index (χ0n) is 13.0. The van der Waals surface area contributed by atoms with Gasteiger partial charge in [-0.2, -0.15) is 0 Å². The Labute approximate surface area is 144 Å². The molecule has 7 heteroatoms. The lowest BCUT2D eigenvalue weighted by molar-refractivity contribution is 0.601. The maximum atomic E-state index is 12.5. The molecule has 23 heavy (non-hydrogen) atoms. The van der Waals surface area contributed by atoms with Gasteiger partial charge in [-0.3, -0.25) is 8.93 Å². The summed E-state index contributed by atoms with van der Waals surface area (Å²) < 4.78 is 39.3. The third-order valence-corrected chi connectivity index (χ3v) is 5.94. The van der Waals surface area contributed by atoms with E-state index in [2.05, 4.69) is 4.72 Å². The van der Waals surface area contributed by atoms with E-state index in [-0.39, 0.29) is 10.6 Å². The van der Waals surface area contributed by atoms with Crippen LogP contribution < -0.4 is 4.72 Å². The molecule has 1 N–H and O–H groups in total. The fraction of sp³-hybridized carbons (Fsp3) is 0.250. The number of sulfonamides is 1. The van der Waals surface area contributed by atoms with Gasteiger partial charge in [-0.1, -0.05) is 37.6 Å². The van der Waals surface area contributed by atoms with Crippen molar-refractivity contribution >= 4 is 38.1 Å². The molecule has 0 radical (unpaired) electrons. The second kappa shape index (κ2) is 7.03. The minimum absolute atomic E-state index is 0.148. The molecular weight excluding hydrogens is 354 g/mol. The minimum Gasteiger partial charge on any atom is -0.278 e. The molecule has 2 rings (SSSR count). The van der Waals surface area contributed by atoms with Crippen molar-refractivity contribution in [2.45, 2.75) is 29.6 Å². The van der Waals surface area contributed by atoms with Crippen molar-refractivity contribution in [2.75, 3.05) is 11.0 Å². The fourth-order valence-corrected chi connectivity index (χ4v) is 4.05. The average molecular weight is 372 g/mol. The molecule has 0 aliphatic heterocycles. The second-order valence-electron chi connectivity index (χ2n) is 5.42. The van der Waals surface area contributed by atoms with E-state index in [1.54, 1.807) is 36.4 Å². The Hall–Kier alpha value is -1.37. The maximum Gasteiger partial charge on any atom is 0.261 e. The van der Waals surface area contributed by atoms with E-state index in [0.29, 0.717) is 15.8 Å². The molecule has 0 heterocycles. The summed E-state index contributed by atoms with van der Waals surface area (Å²) in [4.78, 5) is 0.534. The first-order valence-corrected chi connectivity index (χ1v) is 10.4. The van der Waals surface area contributed by atoms with E-state index in [1.807, 2.05) is 13.8 Å². The Balaban J connectivity index is 2.38. The largest absolute Gasteiger partial charge is 0.278 e. The van der Waals surface area contributed by atoms with Crippen LogP contribution in [0.2, 0.25) is 5.02 Å². The van der Waals surface area contributed by atoms with Crippen LogP contribution in [0.15, 0.2) is 52.3 Å². The summed E-state index contributed by atoms with van der Waals surface area (Å²) in [7, 11) is -5.11. The molecule has 2 aromatic rings. The molecule has 2 aromatic carbocycles. The van der Waals surface area contributed by atoms with E-state index in [4.69, 9.17) is 11.6 Å². The smallest absolute Gasteiger partial charge is 0.261 e. The Morgan fingerprint density at radius 1 is 1.09 bits per heavy atom. The highest BCUT2D eigenvalue weighted by molar-refractivity contribution is 7.92. The van der Waals surface area contributed by atoms with E-state index in [0.717, 1.165) is 5.56 Å². The van der Waals surface area contributed by atoms with Crippen LogP contribution in [0.1, 0.15) is 25.3 Å². The topological polar surface area (TPSA) is 63.2 Å². The van der Waals surface area contributed by atoms with Crippen molar-refractivity contribution in [1.82, 2.24) is 0 Å². The van der Waals surface area contributed by atoms with Crippen molar-refractivity contribution in [3.05, 3.63) is 53.1 Å². The van der Waals surface area contributed by atoms with E-state index in [9.17, 15) is 12.6 Å². The van der Waals surface area contributed by atoms with Crippen LogP contribution in [0.5, 0.6) is 0 Å². The summed E-state index contributed by atoms with van der Waals surface area (Å²) in [5.41, 5.74) is 1.29. The first-order valence-electron chi connectivity index (χ1n) is 6.96. The monoisotopic (exact) mass is 371 g/mol. The molecule has 0 fully saturated rings. The van der Waals surface area contributed by atoms with Gasteiger partial charge in [0.1, 0.15) is 0 Å². The quantitative estimate of drug-likeness (QED) is 0.863. The van der Waals surface area contributed by atoms with Crippen molar-refractivity contribution in [1.29, 1.82) is 0 Å². The molecule has 0 saturated heterocycles. The molecule has 0 aliphatic carbocycles. The highest BCUT2D eigenvalue weighted by Crippen LogP contribution is 2.26. The van der Waals surface area contributed by atoms with E-state index in [1.165, 1.54) is 12.3 Å². The Morgan fingerprint density at radius 3 is 2.22 bits per heavy atom. The van der Waals surface area contributed by atoms with Gasteiger partial charge in [-0.05, 0) is 41.8 Å². The number of halogens is 1. The zero-order valence-corrected chi connectivity index (χ0v) is 15.4. The SMILES string of the molecule is CC(C)c1ccc(S(=O)(=O)Nc2cc(Cl)ccc2S(C)=O)cc1. The van der Waals surface area contributed by atoms with Crippen LogP contribution in [0.3, 0.4) is 0 Å². The van der Waals surface area contributed by atoms with Gasteiger partial charge in [0.15, 0.2) is 0 Å². The van der Waals surface area contributed by atoms with Crippen molar-refractivity contribution in [3.63, 3.8) is 0 Å². The zero-order chi connectivity index (χ0) is 17.2. The van der Waals surface area contributed by atoms with Gasteiger partial charge in [0.25, 0.3) is 10.0 Å². The van der Waals surface area contributed by atoms with Crippen LogP contribution in [0.25, 0.3) is 0 Å². The highest BCUT2D eigenvalue weighted by atomic mass is 35.5. The number of nitrogens with one attached hydrogen (secondary N) is 1. The lowest BCUT2D eigenvalue weighted by Crippen LogP contribution is -2.14. The Kier molecular flexibility index (Phi) is 5.49. The molecule has 1 atom stereocenters. The van der Waals surface area contributed by atoms with Gasteiger partial charge in [0.05, 0.1) is 26.3 Å². The summed E-state index contributed by atoms with van der Waals surface area (Å²) in [5, 5.41) is 0.368. The van der Waals surface area contributed by atoms with Crippen LogP contribution >= 0.6 is 11.6 Å². The number of anilines is 1. The molecular formula is C16H18ClNO3S2. The summed E-state index contributed by atoms with van der Waals surface area (Å²) in [6, 6.07) is 11.3. The van der Waals surface area contributed by atoms with E-state index >= 15 is 0 Å². The number of hydrogen-bond donors (Lipinski definition) is 1. The summed E-state index contributed by atoms with van der Waals surface area (Å²) in [6.07, 6.45) is 1.48. The van der Waals surface area contributed by atoms with Crippen LogP contribution in [0.4, 0.5) is 5.69 Å². The fourth-order valence-electron chi connectivity index (χ4n) is 2.07. The van der Waals surface area contributed by atoms with Gasteiger partial charge < -0.3 is 0 Å². The molecule has 0 spiro atoms. The predicted molar refractivity (Wildman–Crippen MR) is 95.1 cm³/mol. The van der Waals surface area contributed by atoms with Crippen LogP contribution in [0, 0.1) is 0 Å². The van der Waals surface area contributed by atoms with Gasteiger partial charge >= 0.3 is 0 Å². The summed E-state index contributed by atoms with van der Waals surface area (Å²) in [6.45, 7) is 4.08. The predicted octanol–water partition coefficient (Wildman–Crippen LogP) is 4.00. The minimum atomic E-state index is -3.77. The van der Waals surface area contributed by atoms with E-state index < -0.39 is 20.8 Å². The van der Waals surface area contributed by atoms with Crippen LogP contribution in [-0.4, -0.2) is 18.9 Å². The molecule has 124 valence electrons. The lowest BCUT2D eigenvalue weighted by Gasteiger charge is -2.12. The maximum absolute atomic E-state index is 12.5. The Bertz CT molecular complexity index is 831. The Morgan fingerprint density at radius 2 is 1.70 bits per heavy atom. The summed E-state index contributed by atoms with van der Waals surface area (Å²) in [5.74, 6) is 0.321. The van der Waals surface area contributed by atoms with Gasteiger partial charge in [-0.15, -0.1) is 0 Å². The van der Waals surface area contributed by atoms with Gasteiger partial charge in [0.2, 0.25) is 0 Å². The summed E-state index contributed by atoms with van der Waals surface area (Å²) >= 11 is 5.92. The molecule has 0 aromatic heterocycles. The number of benzene rings is 2.